The molecule has 1 atom stereocenters. The van der Waals surface area contributed by atoms with Crippen LogP contribution >= 0.6 is 15.9 Å². The molecule has 88 valence electrons. The van der Waals surface area contributed by atoms with Gasteiger partial charge in [-0.15, -0.1) is 0 Å². The van der Waals surface area contributed by atoms with E-state index in [1.165, 1.54) is 0 Å². The summed E-state index contributed by atoms with van der Waals surface area (Å²) in [5, 5.41) is 3.90. The van der Waals surface area contributed by atoms with Crippen molar-refractivity contribution in [2.75, 3.05) is 11.9 Å². The first kappa shape index (κ1) is 13.2. The summed E-state index contributed by atoms with van der Waals surface area (Å²) in [5.74, 6) is 0.620. The fraction of sp³-hybridized carbons (Fsp3) is 0.500. The van der Waals surface area contributed by atoms with Crippen LogP contribution in [0, 0.1) is 5.92 Å². The van der Waals surface area contributed by atoms with Crippen LogP contribution in [-0.2, 0) is 0 Å². The number of carbonyl (C=O) groups excluding carboxylic acids is 1. The Bertz CT molecular complexity index is 316. The minimum atomic E-state index is -0.0420. The Morgan fingerprint density at radius 1 is 1.62 bits per heavy atom. The van der Waals surface area contributed by atoms with E-state index in [1.807, 2.05) is 0 Å². The first-order valence-electron chi connectivity index (χ1n) is 5.48. The van der Waals surface area contributed by atoms with Crippen LogP contribution in [0.25, 0.3) is 0 Å². The summed E-state index contributed by atoms with van der Waals surface area (Å²) in [6, 6.07) is 3.53. The van der Waals surface area contributed by atoms with E-state index in [0.717, 1.165) is 24.7 Å². The molecule has 0 spiro atoms. The van der Waals surface area contributed by atoms with Crippen molar-refractivity contribution in [3.63, 3.8) is 0 Å². The summed E-state index contributed by atoms with van der Waals surface area (Å²) in [6.45, 7) is 2.92. The fourth-order valence-corrected chi connectivity index (χ4v) is 1.65. The van der Waals surface area contributed by atoms with E-state index >= 15 is 0 Å². The van der Waals surface area contributed by atoms with Crippen LogP contribution < -0.4 is 5.32 Å². The number of nitrogens with zero attached hydrogens (tertiary/aromatic N) is 1. The summed E-state index contributed by atoms with van der Waals surface area (Å²) in [4.78, 5) is 15.5. The molecule has 1 aromatic heterocycles. The normalized spacial score (nSPS) is 12.1. The monoisotopic (exact) mass is 284 g/mol. The quantitative estimate of drug-likeness (QED) is 0.645. The second kappa shape index (κ2) is 7.39. The minimum absolute atomic E-state index is 0.0420. The van der Waals surface area contributed by atoms with Gasteiger partial charge in [0.2, 0.25) is 0 Å². The van der Waals surface area contributed by atoms with Gasteiger partial charge in [0, 0.05) is 24.3 Å². The van der Waals surface area contributed by atoms with Crippen molar-refractivity contribution in [1.29, 1.82) is 0 Å². The van der Waals surface area contributed by atoms with Crippen molar-refractivity contribution in [3.8, 4) is 0 Å². The largest absolute Gasteiger partial charge is 0.352 e. The third-order valence-electron chi connectivity index (χ3n) is 2.35. The summed E-state index contributed by atoms with van der Waals surface area (Å²) in [5.41, 5.74) is 0.621. The van der Waals surface area contributed by atoms with E-state index in [0.29, 0.717) is 11.5 Å². The number of carbonyl (C=O) groups is 1. The molecule has 16 heavy (non-hydrogen) atoms. The van der Waals surface area contributed by atoms with Gasteiger partial charge in [0.25, 0.3) is 5.91 Å². The van der Waals surface area contributed by atoms with Crippen molar-refractivity contribution in [2.45, 2.75) is 19.8 Å². The fourth-order valence-electron chi connectivity index (χ4n) is 1.33. The Labute approximate surface area is 105 Å². The van der Waals surface area contributed by atoms with Crippen molar-refractivity contribution in [1.82, 2.24) is 10.3 Å². The molecule has 1 N–H and O–H groups in total. The van der Waals surface area contributed by atoms with E-state index < -0.39 is 0 Å². The van der Waals surface area contributed by atoms with Crippen molar-refractivity contribution < 1.29 is 4.79 Å². The maximum absolute atomic E-state index is 11.6. The Morgan fingerprint density at radius 3 is 3.06 bits per heavy atom. The van der Waals surface area contributed by atoms with E-state index in [2.05, 4.69) is 33.2 Å². The number of amides is 1. The van der Waals surface area contributed by atoms with Crippen molar-refractivity contribution in [3.05, 3.63) is 30.1 Å². The molecule has 0 saturated carbocycles. The Balaban J connectivity index is 2.21. The molecule has 0 aliphatic rings. The van der Waals surface area contributed by atoms with E-state index in [1.54, 1.807) is 24.5 Å². The first-order chi connectivity index (χ1) is 7.74. The molecule has 0 bridgehead atoms. The zero-order valence-corrected chi connectivity index (χ0v) is 11.0. The summed E-state index contributed by atoms with van der Waals surface area (Å²) in [6.07, 6.45) is 5.38. The van der Waals surface area contributed by atoms with Gasteiger partial charge in [-0.25, -0.2) is 0 Å². The molecule has 4 heteroatoms. The molecule has 0 aliphatic heterocycles. The molecule has 1 heterocycles. The van der Waals surface area contributed by atoms with E-state index in [4.69, 9.17) is 0 Å². The lowest BCUT2D eigenvalue weighted by Gasteiger charge is -2.08. The highest BCUT2D eigenvalue weighted by Gasteiger charge is 2.04. The predicted molar refractivity (Wildman–Crippen MR) is 68.8 cm³/mol. The molecule has 3 nitrogen and oxygen atoms in total. The van der Waals surface area contributed by atoms with Gasteiger partial charge >= 0.3 is 0 Å². The number of rotatable bonds is 6. The second-order valence-corrected chi connectivity index (χ2v) is 4.55. The lowest BCUT2D eigenvalue weighted by Crippen LogP contribution is -2.24. The number of alkyl halides is 1. The molecule has 0 fully saturated rings. The standard InChI is InChI=1S/C12H17BrN2O/c1-10(8-13)4-2-7-15-12(16)11-5-3-6-14-9-11/h3,5-6,9-10H,2,4,7-8H2,1H3,(H,15,16). The van der Waals surface area contributed by atoms with Crippen LogP contribution in [0.15, 0.2) is 24.5 Å². The predicted octanol–water partition coefficient (Wildman–Crippen LogP) is 2.62. The third-order valence-corrected chi connectivity index (χ3v) is 3.45. The highest BCUT2D eigenvalue weighted by atomic mass is 79.9. The number of aromatic nitrogens is 1. The summed E-state index contributed by atoms with van der Waals surface area (Å²) in [7, 11) is 0. The van der Waals surface area contributed by atoms with Crippen LogP contribution in [0.1, 0.15) is 30.1 Å². The number of pyridine rings is 1. The van der Waals surface area contributed by atoms with Crippen LogP contribution in [0.4, 0.5) is 0 Å². The van der Waals surface area contributed by atoms with Gasteiger partial charge in [-0.1, -0.05) is 22.9 Å². The van der Waals surface area contributed by atoms with Gasteiger partial charge in [-0.2, -0.15) is 0 Å². The van der Waals surface area contributed by atoms with Crippen molar-refractivity contribution in [2.24, 2.45) is 5.92 Å². The average Bonchev–Trinajstić information content (AvgIpc) is 2.35. The summed E-state index contributed by atoms with van der Waals surface area (Å²) >= 11 is 3.44. The topological polar surface area (TPSA) is 42.0 Å². The lowest BCUT2D eigenvalue weighted by atomic mass is 10.1. The molecular weight excluding hydrogens is 268 g/mol. The molecule has 1 amide bonds. The van der Waals surface area contributed by atoms with Crippen LogP contribution in [0.3, 0.4) is 0 Å². The van der Waals surface area contributed by atoms with Crippen molar-refractivity contribution >= 4 is 21.8 Å². The van der Waals surface area contributed by atoms with Gasteiger partial charge < -0.3 is 5.32 Å². The molecule has 0 saturated heterocycles. The van der Waals surface area contributed by atoms with Crippen LogP contribution in [-0.4, -0.2) is 22.8 Å². The maximum atomic E-state index is 11.6. The SMILES string of the molecule is CC(CBr)CCCNC(=O)c1cccnc1. The van der Waals surface area contributed by atoms with Gasteiger partial charge in [0.1, 0.15) is 0 Å². The molecule has 0 radical (unpaired) electrons. The molecular formula is C12H17BrN2O. The van der Waals surface area contributed by atoms with Gasteiger partial charge in [0.05, 0.1) is 5.56 Å². The Morgan fingerprint density at radius 2 is 2.44 bits per heavy atom. The molecule has 1 unspecified atom stereocenters. The number of hydrogen-bond donors (Lipinski definition) is 1. The number of hydrogen-bond acceptors (Lipinski definition) is 2. The lowest BCUT2D eigenvalue weighted by molar-refractivity contribution is 0.0952. The average molecular weight is 285 g/mol. The highest BCUT2D eigenvalue weighted by molar-refractivity contribution is 9.09. The van der Waals surface area contributed by atoms with E-state index in [9.17, 15) is 4.79 Å². The van der Waals surface area contributed by atoms with Gasteiger partial charge in [-0.05, 0) is 30.9 Å². The molecule has 0 aromatic carbocycles. The Hall–Kier alpha value is -0.900. The second-order valence-electron chi connectivity index (χ2n) is 3.90. The Kier molecular flexibility index (Phi) is 6.08. The number of halogens is 1. The van der Waals surface area contributed by atoms with Gasteiger partial charge in [0.15, 0.2) is 0 Å². The molecule has 1 aromatic rings. The van der Waals surface area contributed by atoms with E-state index in [-0.39, 0.29) is 5.91 Å². The number of nitrogens with one attached hydrogen (secondary N) is 1. The third kappa shape index (κ3) is 4.75. The summed E-state index contributed by atoms with van der Waals surface area (Å²) < 4.78 is 0. The maximum Gasteiger partial charge on any atom is 0.252 e. The molecule has 0 aliphatic carbocycles. The van der Waals surface area contributed by atoms with Gasteiger partial charge in [-0.3, -0.25) is 9.78 Å². The smallest absolute Gasteiger partial charge is 0.252 e. The first-order valence-corrected chi connectivity index (χ1v) is 6.60. The highest BCUT2D eigenvalue weighted by Crippen LogP contribution is 2.07. The van der Waals surface area contributed by atoms with Crippen LogP contribution in [0.2, 0.25) is 0 Å². The zero-order chi connectivity index (χ0) is 11.8. The molecule has 1 rings (SSSR count). The van der Waals surface area contributed by atoms with Crippen LogP contribution in [0.5, 0.6) is 0 Å². The zero-order valence-electron chi connectivity index (χ0n) is 9.45. The minimum Gasteiger partial charge on any atom is -0.352 e.